The number of carboxylic acids is 1. The van der Waals surface area contributed by atoms with Crippen molar-refractivity contribution in [2.24, 2.45) is 0 Å². The van der Waals surface area contributed by atoms with E-state index in [4.69, 9.17) is 0 Å². The highest BCUT2D eigenvalue weighted by atomic mass is 127. The number of pyridine rings is 1. The van der Waals surface area contributed by atoms with Gasteiger partial charge < -0.3 is 5.11 Å². The Labute approximate surface area is 133 Å². The molecule has 1 aromatic heterocycles. The Bertz CT molecular complexity index is 847. The third-order valence-electron chi connectivity index (χ3n) is 3.16. The van der Waals surface area contributed by atoms with Crippen LogP contribution in [0.5, 0.6) is 0 Å². The third kappa shape index (κ3) is 2.61. The number of aromatic carboxylic acids is 1. The van der Waals surface area contributed by atoms with E-state index in [0.717, 1.165) is 9.13 Å². The quantitative estimate of drug-likeness (QED) is 0.659. The Hall–Kier alpha value is -2.02. The molecule has 2 aromatic carbocycles. The van der Waals surface area contributed by atoms with Gasteiger partial charge in [0.15, 0.2) is 0 Å². The first kappa shape index (κ1) is 13.9. The highest BCUT2D eigenvalue weighted by Crippen LogP contribution is 2.26. The van der Waals surface area contributed by atoms with Gasteiger partial charge >= 0.3 is 5.97 Å². The Morgan fingerprint density at radius 1 is 1.14 bits per heavy atom. The molecule has 3 aromatic rings. The zero-order chi connectivity index (χ0) is 15.0. The molecule has 1 heterocycles. The maximum atomic E-state index is 13.9. The van der Waals surface area contributed by atoms with Crippen LogP contribution >= 0.6 is 22.6 Å². The molecule has 0 aliphatic heterocycles. The average molecular weight is 393 g/mol. The van der Waals surface area contributed by atoms with Gasteiger partial charge in [-0.2, -0.15) is 0 Å². The topological polar surface area (TPSA) is 50.2 Å². The molecule has 0 aliphatic rings. The van der Waals surface area contributed by atoms with E-state index in [1.54, 1.807) is 6.07 Å². The second-order valence-corrected chi connectivity index (χ2v) is 5.75. The fourth-order valence-corrected chi connectivity index (χ4v) is 2.52. The summed E-state index contributed by atoms with van der Waals surface area (Å²) in [7, 11) is 0. The Kier molecular flexibility index (Phi) is 3.59. The molecule has 0 aliphatic carbocycles. The number of nitrogens with zero attached hydrogens (tertiary/aromatic N) is 1. The van der Waals surface area contributed by atoms with Crippen molar-refractivity contribution >= 4 is 39.5 Å². The number of fused-ring (bicyclic) bond motifs is 1. The second kappa shape index (κ2) is 5.40. The van der Waals surface area contributed by atoms with Crippen LogP contribution in [0.2, 0.25) is 0 Å². The van der Waals surface area contributed by atoms with Gasteiger partial charge in [-0.3, -0.25) is 0 Å². The predicted molar refractivity (Wildman–Crippen MR) is 86.8 cm³/mol. The molecule has 3 rings (SSSR count). The summed E-state index contributed by atoms with van der Waals surface area (Å²) in [6.45, 7) is 0. The van der Waals surface area contributed by atoms with Gasteiger partial charge in [-0.05, 0) is 46.9 Å². The number of benzene rings is 2. The SMILES string of the molecule is O=C(O)c1cc(-c2ccc(I)cc2)nc2c(F)cccc12. The van der Waals surface area contributed by atoms with Crippen molar-refractivity contribution in [1.82, 2.24) is 4.98 Å². The molecule has 21 heavy (non-hydrogen) atoms. The lowest BCUT2D eigenvalue weighted by atomic mass is 10.0. The van der Waals surface area contributed by atoms with Gasteiger partial charge in [0, 0.05) is 14.5 Å². The van der Waals surface area contributed by atoms with Crippen LogP contribution in [-0.2, 0) is 0 Å². The summed E-state index contributed by atoms with van der Waals surface area (Å²) in [5.41, 5.74) is 1.32. The summed E-state index contributed by atoms with van der Waals surface area (Å²) >= 11 is 2.18. The Morgan fingerprint density at radius 3 is 2.52 bits per heavy atom. The largest absolute Gasteiger partial charge is 0.478 e. The first-order chi connectivity index (χ1) is 10.1. The van der Waals surface area contributed by atoms with E-state index in [2.05, 4.69) is 27.6 Å². The van der Waals surface area contributed by atoms with Gasteiger partial charge in [0.05, 0.1) is 11.3 Å². The van der Waals surface area contributed by atoms with Crippen LogP contribution in [-0.4, -0.2) is 16.1 Å². The highest BCUT2D eigenvalue weighted by molar-refractivity contribution is 14.1. The maximum absolute atomic E-state index is 13.9. The summed E-state index contributed by atoms with van der Waals surface area (Å²) < 4.78 is 15.0. The number of aromatic nitrogens is 1. The lowest BCUT2D eigenvalue weighted by Crippen LogP contribution is -2.01. The Balaban J connectivity index is 2.32. The van der Waals surface area contributed by atoms with Crippen LogP contribution in [0.15, 0.2) is 48.5 Å². The molecule has 0 spiro atoms. The van der Waals surface area contributed by atoms with Gasteiger partial charge in [-0.1, -0.05) is 24.3 Å². The Morgan fingerprint density at radius 2 is 1.86 bits per heavy atom. The number of hydrogen-bond donors (Lipinski definition) is 1. The average Bonchev–Trinajstić information content (AvgIpc) is 2.47. The minimum Gasteiger partial charge on any atom is -0.478 e. The maximum Gasteiger partial charge on any atom is 0.336 e. The van der Waals surface area contributed by atoms with E-state index < -0.39 is 11.8 Å². The molecular weight excluding hydrogens is 384 g/mol. The first-order valence-electron chi connectivity index (χ1n) is 6.15. The number of carbonyl (C=O) groups is 1. The molecule has 0 amide bonds. The third-order valence-corrected chi connectivity index (χ3v) is 3.88. The summed E-state index contributed by atoms with van der Waals surface area (Å²) in [6, 6.07) is 13.3. The summed E-state index contributed by atoms with van der Waals surface area (Å²) in [4.78, 5) is 15.7. The van der Waals surface area contributed by atoms with Crippen molar-refractivity contribution in [3.63, 3.8) is 0 Å². The summed E-state index contributed by atoms with van der Waals surface area (Å²) in [5, 5.41) is 9.64. The highest BCUT2D eigenvalue weighted by Gasteiger charge is 2.15. The standard InChI is InChI=1S/C16H9FINO2/c17-13-3-1-2-11-12(16(20)21)8-14(19-15(11)13)9-4-6-10(18)7-5-9/h1-8H,(H,20,21). The minimum absolute atomic E-state index is 0.0491. The monoisotopic (exact) mass is 393 g/mol. The second-order valence-electron chi connectivity index (χ2n) is 4.50. The van der Waals surface area contributed by atoms with Crippen LogP contribution in [0.1, 0.15) is 10.4 Å². The van der Waals surface area contributed by atoms with E-state index in [-0.39, 0.29) is 11.1 Å². The number of para-hydroxylation sites is 1. The number of carboxylic acid groups (broad SMARTS) is 1. The van der Waals surface area contributed by atoms with Crippen molar-refractivity contribution in [2.45, 2.75) is 0 Å². The number of hydrogen-bond acceptors (Lipinski definition) is 2. The zero-order valence-electron chi connectivity index (χ0n) is 10.7. The van der Waals surface area contributed by atoms with Gasteiger partial charge in [-0.25, -0.2) is 14.2 Å². The molecule has 0 saturated heterocycles. The van der Waals surface area contributed by atoms with Crippen LogP contribution in [0.3, 0.4) is 0 Å². The molecule has 0 bridgehead atoms. The van der Waals surface area contributed by atoms with Gasteiger partial charge in [0.2, 0.25) is 0 Å². The molecule has 5 heteroatoms. The van der Waals surface area contributed by atoms with E-state index in [0.29, 0.717) is 11.1 Å². The van der Waals surface area contributed by atoms with Crippen molar-refractivity contribution < 1.29 is 14.3 Å². The molecular formula is C16H9FINO2. The van der Waals surface area contributed by atoms with Gasteiger partial charge in [0.1, 0.15) is 11.3 Å². The first-order valence-corrected chi connectivity index (χ1v) is 7.22. The van der Waals surface area contributed by atoms with E-state index in [1.807, 2.05) is 24.3 Å². The van der Waals surface area contributed by atoms with Gasteiger partial charge in [0.25, 0.3) is 0 Å². The van der Waals surface area contributed by atoms with E-state index in [9.17, 15) is 14.3 Å². The van der Waals surface area contributed by atoms with Crippen molar-refractivity contribution in [3.05, 3.63) is 63.5 Å². The molecule has 0 atom stereocenters. The van der Waals surface area contributed by atoms with Crippen molar-refractivity contribution in [3.8, 4) is 11.3 Å². The van der Waals surface area contributed by atoms with Crippen LogP contribution in [0.25, 0.3) is 22.2 Å². The minimum atomic E-state index is -1.10. The normalized spacial score (nSPS) is 10.8. The zero-order valence-corrected chi connectivity index (χ0v) is 12.8. The smallest absolute Gasteiger partial charge is 0.336 e. The molecule has 1 N–H and O–H groups in total. The van der Waals surface area contributed by atoms with Crippen molar-refractivity contribution in [1.29, 1.82) is 0 Å². The fourth-order valence-electron chi connectivity index (χ4n) is 2.16. The lowest BCUT2D eigenvalue weighted by Gasteiger charge is -2.08. The molecule has 0 radical (unpaired) electrons. The van der Waals surface area contributed by atoms with Crippen LogP contribution < -0.4 is 0 Å². The predicted octanol–water partition coefficient (Wildman–Crippen LogP) is 4.34. The molecule has 3 nitrogen and oxygen atoms in total. The van der Waals surface area contributed by atoms with E-state index >= 15 is 0 Å². The summed E-state index contributed by atoms with van der Waals surface area (Å²) in [6.07, 6.45) is 0. The van der Waals surface area contributed by atoms with E-state index in [1.165, 1.54) is 18.2 Å². The van der Waals surface area contributed by atoms with Crippen LogP contribution in [0.4, 0.5) is 4.39 Å². The molecule has 104 valence electrons. The lowest BCUT2D eigenvalue weighted by molar-refractivity contribution is 0.0699. The van der Waals surface area contributed by atoms with Crippen molar-refractivity contribution in [2.75, 3.05) is 0 Å². The molecule has 0 fully saturated rings. The fraction of sp³-hybridized carbons (Fsp3) is 0. The number of rotatable bonds is 2. The molecule has 0 unspecified atom stereocenters. The van der Waals surface area contributed by atoms with Crippen LogP contribution in [0, 0.1) is 9.39 Å². The van der Waals surface area contributed by atoms with Gasteiger partial charge in [-0.15, -0.1) is 0 Å². The summed E-state index contributed by atoms with van der Waals surface area (Å²) in [5.74, 6) is -1.62. The molecule has 0 saturated carbocycles. The number of halogens is 2.